The van der Waals surface area contributed by atoms with Crippen LogP contribution in [0.2, 0.25) is 0 Å². The van der Waals surface area contributed by atoms with E-state index in [2.05, 4.69) is 10.0 Å². The zero-order chi connectivity index (χ0) is 15.9. The van der Waals surface area contributed by atoms with Gasteiger partial charge in [-0.15, -0.1) is 0 Å². The fourth-order valence-corrected chi connectivity index (χ4v) is 3.01. The van der Waals surface area contributed by atoms with Crippen molar-refractivity contribution in [1.82, 2.24) is 14.9 Å². The van der Waals surface area contributed by atoms with E-state index in [0.717, 1.165) is 24.2 Å². The average molecular weight is 313 g/mol. The predicted molar refractivity (Wildman–Crippen MR) is 87.6 cm³/mol. The average Bonchev–Trinajstić information content (AvgIpc) is 2.42. The third kappa shape index (κ3) is 7.04. The van der Waals surface area contributed by atoms with E-state index in [9.17, 15) is 8.42 Å². The van der Waals surface area contributed by atoms with Gasteiger partial charge in [0.1, 0.15) is 0 Å². The third-order valence-electron chi connectivity index (χ3n) is 3.41. The molecule has 0 aromatic heterocycles. The van der Waals surface area contributed by atoms with Gasteiger partial charge in [0.05, 0.1) is 5.75 Å². The highest BCUT2D eigenvalue weighted by atomic mass is 32.2. The summed E-state index contributed by atoms with van der Waals surface area (Å²) in [4.78, 5) is 1.99. The summed E-state index contributed by atoms with van der Waals surface area (Å²) in [7, 11) is 0.570. The molecule has 6 heteroatoms. The lowest BCUT2D eigenvalue weighted by atomic mass is 10.1. The van der Waals surface area contributed by atoms with Crippen molar-refractivity contribution in [2.45, 2.75) is 32.2 Å². The minimum atomic E-state index is -3.30. The van der Waals surface area contributed by atoms with Crippen molar-refractivity contribution in [2.24, 2.45) is 0 Å². The fourth-order valence-electron chi connectivity index (χ4n) is 1.80. The standard InChI is InChI=1S/C15H27N3O2S/c1-5-16-11-14-7-6-8-15(9-14)12-21(19,20)17-10-13(2)18(3)4/h6-9,13,16-17H,5,10-12H2,1-4H3. The Kier molecular flexibility index (Phi) is 7.31. The maximum atomic E-state index is 12.1. The molecule has 1 aromatic carbocycles. The topological polar surface area (TPSA) is 61.4 Å². The van der Waals surface area contributed by atoms with Crippen LogP contribution < -0.4 is 10.0 Å². The molecule has 0 radical (unpaired) electrons. The lowest BCUT2D eigenvalue weighted by Gasteiger charge is -2.20. The zero-order valence-electron chi connectivity index (χ0n) is 13.4. The van der Waals surface area contributed by atoms with Gasteiger partial charge in [-0.25, -0.2) is 13.1 Å². The predicted octanol–water partition coefficient (Wildman–Crippen LogP) is 1.17. The first-order valence-corrected chi connectivity index (χ1v) is 8.91. The molecule has 1 aromatic rings. The molecule has 0 spiro atoms. The van der Waals surface area contributed by atoms with E-state index >= 15 is 0 Å². The lowest BCUT2D eigenvalue weighted by molar-refractivity contribution is 0.314. The van der Waals surface area contributed by atoms with Crippen molar-refractivity contribution in [1.29, 1.82) is 0 Å². The molecule has 1 unspecified atom stereocenters. The largest absolute Gasteiger partial charge is 0.313 e. The smallest absolute Gasteiger partial charge is 0.215 e. The molecular weight excluding hydrogens is 286 g/mol. The maximum absolute atomic E-state index is 12.1. The Labute approximate surface area is 128 Å². The number of nitrogens with one attached hydrogen (secondary N) is 2. The van der Waals surface area contributed by atoms with Crippen LogP contribution in [0.3, 0.4) is 0 Å². The van der Waals surface area contributed by atoms with E-state index in [1.807, 2.05) is 57.1 Å². The first-order valence-electron chi connectivity index (χ1n) is 7.26. The molecule has 0 aliphatic rings. The third-order valence-corrected chi connectivity index (χ3v) is 4.73. The van der Waals surface area contributed by atoms with E-state index < -0.39 is 10.0 Å². The van der Waals surface area contributed by atoms with Crippen LogP contribution in [-0.2, 0) is 22.3 Å². The molecule has 0 fully saturated rings. The summed E-state index contributed by atoms with van der Waals surface area (Å²) in [6, 6.07) is 7.86. The molecule has 21 heavy (non-hydrogen) atoms. The molecule has 0 bridgehead atoms. The quantitative estimate of drug-likeness (QED) is 0.718. The van der Waals surface area contributed by atoms with Gasteiger partial charge < -0.3 is 10.2 Å². The summed E-state index contributed by atoms with van der Waals surface area (Å²) in [5.41, 5.74) is 1.92. The van der Waals surface area contributed by atoms with Gasteiger partial charge in [0.15, 0.2) is 0 Å². The monoisotopic (exact) mass is 313 g/mol. The Morgan fingerprint density at radius 2 is 1.90 bits per heavy atom. The molecule has 0 saturated carbocycles. The fraction of sp³-hybridized carbons (Fsp3) is 0.600. The van der Waals surface area contributed by atoms with Gasteiger partial charge in [0.25, 0.3) is 0 Å². The van der Waals surface area contributed by atoms with Crippen molar-refractivity contribution >= 4 is 10.0 Å². The first kappa shape index (κ1) is 18.1. The molecule has 0 heterocycles. The molecular formula is C15H27N3O2S. The molecule has 0 aliphatic heterocycles. The van der Waals surface area contributed by atoms with Gasteiger partial charge in [0.2, 0.25) is 10.0 Å². The van der Waals surface area contributed by atoms with Gasteiger partial charge >= 0.3 is 0 Å². The highest BCUT2D eigenvalue weighted by molar-refractivity contribution is 7.88. The second-order valence-corrected chi connectivity index (χ2v) is 7.33. The molecule has 0 saturated heterocycles. The number of hydrogen-bond acceptors (Lipinski definition) is 4. The highest BCUT2D eigenvalue weighted by Gasteiger charge is 2.14. The Bertz CT molecular complexity index is 529. The van der Waals surface area contributed by atoms with Crippen molar-refractivity contribution in [2.75, 3.05) is 27.2 Å². The van der Waals surface area contributed by atoms with Crippen LogP contribution in [0.15, 0.2) is 24.3 Å². The minimum Gasteiger partial charge on any atom is -0.313 e. The summed E-state index contributed by atoms with van der Waals surface area (Å²) in [6.07, 6.45) is 0. The second kappa shape index (κ2) is 8.48. The van der Waals surface area contributed by atoms with Crippen LogP contribution in [0.5, 0.6) is 0 Å². The molecule has 120 valence electrons. The van der Waals surface area contributed by atoms with Crippen molar-refractivity contribution < 1.29 is 8.42 Å². The Balaban J connectivity index is 2.62. The van der Waals surface area contributed by atoms with Crippen LogP contribution in [-0.4, -0.2) is 46.5 Å². The molecule has 1 rings (SSSR count). The van der Waals surface area contributed by atoms with Gasteiger partial charge in [0, 0.05) is 19.1 Å². The molecule has 2 N–H and O–H groups in total. The van der Waals surface area contributed by atoms with Gasteiger partial charge in [-0.3, -0.25) is 0 Å². The lowest BCUT2D eigenvalue weighted by Crippen LogP contribution is -2.38. The number of benzene rings is 1. The summed E-state index contributed by atoms with van der Waals surface area (Å²) in [5, 5.41) is 3.24. The SMILES string of the molecule is CCNCc1cccc(CS(=O)(=O)NCC(C)N(C)C)c1. The zero-order valence-corrected chi connectivity index (χ0v) is 14.2. The summed E-state index contributed by atoms with van der Waals surface area (Å²) < 4.78 is 26.9. The summed E-state index contributed by atoms with van der Waals surface area (Å²) in [5.74, 6) is 0.0209. The Morgan fingerprint density at radius 1 is 1.24 bits per heavy atom. The Morgan fingerprint density at radius 3 is 2.52 bits per heavy atom. The minimum absolute atomic E-state index is 0.0209. The van der Waals surface area contributed by atoms with Crippen LogP contribution in [0.4, 0.5) is 0 Å². The van der Waals surface area contributed by atoms with Crippen LogP contribution >= 0.6 is 0 Å². The number of likely N-dealkylation sites (N-methyl/N-ethyl adjacent to an activating group) is 1. The number of hydrogen-bond donors (Lipinski definition) is 2. The van der Waals surface area contributed by atoms with E-state index in [0.29, 0.717) is 6.54 Å². The summed E-state index contributed by atoms with van der Waals surface area (Å²) in [6.45, 7) is 6.11. The summed E-state index contributed by atoms with van der Waals surface area (Å²) >= 11 is 0. The van der Waals surface area contributed by atoms with Crippen LogP contribution in [0.25, 0.3) is 0 Å². The van der Waals surface area contributed by atoms with Gasteiger partial charge in [-0.1, -0.05) is 31.2 Å². The van der Waals surface area contributed by atoms with Crippen molar-refractivity contribution in [3.8, 4) is 0 Å². The molecule has 0 aliphatic carbocycles. The normalized spacial score (nSPS) is 13.6. The second-order valence-electron chi connectivity index (χ2n) is 5.52. The van der Waals surface area contributed by atoms with E-state index in [4.69, 9.17) is 0 Å². The molecule has 5 nitrogen and oxygen atoms in total. The number of sulfonamides is 1. The van der Waals surface area contributed by atoms with E-state index in [-0.39, 0.29) is 11.8 Å². The van der Waals surface area contributed by atoms with E-state index in [1.54, 1.807) is 0 Å². The number of nitrogens with zero attached hydrogens (tertiary/aromatic N) is 1. The van der Waals surface area contributed by atoms with Gasteiger partial charge in [-0.2, -0.15) is 0 Å². The molecule has 0 amide bonds. The van der Waals surface area contributed by atoms with Gasteiger partial charge in [-0.05, 0) is 38.7 Å². The first-order chi connectivity index (χ1) is 9.84. The van der Waals surface area contributed by atoms with E-state index in [1.165, 1.54) is 0 Å². The highest BCUT2D eigenvalue weighted by Crippen LogP contribution is 2.09. The van der Waals surface area contributed by atoms with Crippen LogP contribution in [0.1, 0.15) is 25.0 Å². The Hall–Kier alpha value is -0.950. The van der Waals surface area contributed by atoms with Crippen molar-refractivity contribution in [3.63, 3.8) is 0 Å². The number of rotatable bonds is 9. The van der Waals surface area contributed by atoms with Crippen molar-refractivity contribution in [3.05, 3.63) is 35.4 Å². The molecule has 1 atom stereocenters. The maximum Gasteiger partial charge on any atom is 0.215 e. The van der Waals surface area contributed by atoms with Crippen LogP contribution in [0, 0.1) is 0 Å².